The molecule has 0 aliphatic carbocycles. The number of carbonyl (C=O) groups excluding carboxylic acids is 1. The first-order valence-corrected chi connectivity index (χ1v) is 7.18. The summed E-state index contributed by atoms with van der Waals surface area (Å²) in [6, 6.07) is 5.62. The van der Waals surface area contributed by atoms with E-state index >= 15 is 0 Å². The van der Waals surface area contributed by atoms with Crippen LogP contribution in [0, 0.1) is 17.2 Å². The van der Waals surface area contributed by atoms with Crippen molar-refractivity contribution in [2.75, 3.05) is 13.1 Å². The minimum Gasteiger partial charge on any atom is -0.339 e. The number of hydrogen-bond acceptors (Lipinski definition) is 2. The highest BCUT2D eigenvalue weighted by Crippen LogP contribution is 2.35. The molecule has 1 fully saturated rings. The summed E-state index contributed by atoms with van der Waals surface area (Å²) in [7, 11) is 0. The van der Waals surface area contributed by atoms with Gasteiger partial charge in [-0.3, -0.25) is 4.79 Å². The molecule has 1 amide bonds. The molecule has 1 aromatic carbocycles. The average Bonchev–Trinajstić information content (AvgIpc) is 2.46. The number of nitriles is 1. The van der Waals surface area contributed by atoms with Crippen LogP contribution in [-0.4, -0.2) is 23.9 Å². The van der Waals surface area contributed by atoms with Crippen molar-refractivity contribution in [1.82, 2.24) is 4.90 Å². The van der Waals surface area contributed by atoms with Gasteiger partial charge in [0.2, 0.25) is 0 Å². The smallest absolute Gasteiger partial charge is 0.339 e. The van der Waals surface area contributed by atoms with Crippen LogP contribution in [0.25, 0.3) is 0 Å². The molecule has 112 valence electrons. The van der Waals surface area contributed by atoms with Gasteiger partial charge in [0.15, 0.2) is 0 Å². The number of hydrogen-bond donors (Lipinski definition) is 0. The number of carbonyl (C=O) groups is 1. The van der Waals surface area contributed by atoms with Crippen LogP contribution in [0.1, 0.15) is 28.8 Å². The Balaban J connectivity index is 2.19. The molecule has 7 heteroatoms. The van der Waals surface area contributed by atoms with Gasteiger partial charge < -0.3 is 4.90 Å². The van der Waals surface area contributed by atoms with Gasteiger partial charge in [-0.2, -0.15) is 18.4 Å². The Morgan fingerprint density at radius 1 is 1.33 bits per heavy atom. The summed E-state index contributed by atoms with van der Waals surface area (Å²) in [6.07, 6.45) is -3.39. The molecule has 3 nitrogen and oxygen atoms in total. The molecule has 0 aromatic heterocycles. The fourth-order valence-corrected chi connectivity index (χ4v) is 2.74. The third-order valence-electron chi connectivity index (χ3n) is 3.48. The van der Waals surface area contributed by atoms with Gasteiger partial charge in [-0.05, 0) is 31.0 Å². The molecule has 0 saturated carbocycles. The van der Waals surface area contributed by atoms with E-state index in [1.165, 1.54) is 17.0 Å². The lowest BCUT2D eigenvalue weighted by Crippen LogP contribution is -2.38. The van der Waals surface area contributed by atoms with Crippen LogP contribution in [0.15, 0.2) is 22.7 Å². The van der Waals surface area contributed by atoms with Gasteiger partial charge in [-0.25, -0.2) is 0 Å². The second-order valence-corrected chi connectivity index (χ2v) is 5.74. The van der Waals surface area contributed by atoms with Crippen molar-refractivity contribution in [3.63, 3.8) is 0 Å². The molecule has 0 radical (unpaired) electrons. The number of benzene rings is 1. The van der Waals surface area contributed by atoms with Crippen molar-refractivity contribution in [3.8, 4) is 6.07 Å². The van der Waals surface area contributed by atoms with Crippen molar-refractivity contribution in [3.05, 3.63) is 33.8 Å². The third-order valence-corrected chi connectivity index (χ3v) is 4.17. The second-order valence-electron chi connectivity index (χ2n) is 4.89. The topological polar surface area (TPSA) is 44.1 Å². The summed E-state index contributed by atoms with van der Waals surface area (Å²) in [5.74, 6) is -0.505. The molecule has 1 aliphatic rings. The first-order valence-electron chi connectivity index (χ1n) is 6.38. The van der Waals surface area contributed by atoms with E-state index in [4.69, 9.17) is 5.26 Å². The fourth-order valence-electron chi connectivity index (χ4n) is 2.27. The van der Waals surface area contributed by atoms with Crippen molar-refractivity contribution < 1.29 is 18.0 Å². The zero-order chi connectivity index (χ0) is 15.6. The molecule has 1 aliphatic heterocycles. The molecule has 21 heavy (non-hydrogen) atoms. The highest BCUT2D eigenvalue weighted by Gasteiger charge is 2.34. The van der Waals surface area contributed by atoms with E-state index in [0.29, 0.717) is 25.9 Å². The SMILES string of the molecule is N#CC1CCN(C(=O)c2ccc(Br)c(C(F)(F)F)c2)CC1. The molecular weight excluding hydrogens is 349 g/mol. The maximum Gasteiger partial charge on any atom is 0.417 e. The van der Waals surface area contributed by atoms with Crippen LogP contribution in [0.4, 0.5) is 13.2 Å². The van der Waals surface area contributed by atoms with E-state index in [1.54, 1.807) is 0 Å². The average molecular weight is 361 g/mol. The Hall–Kier alpha value is -1.55. The number of halogens is 4. The molecule has 0 spiro atoms. The van der Waals surface area contributed by atoms with Gasteiger partial charge in [0.05, 0.1) is 11.6 Å². The van der Waals surface area contributed by atoms with Crippen LogP contribution in [-0.2, 0) is 6.18 Å². The van der Waals surface area contributed by atoms with E-state index in [1.807, 2.05) is 0 Å². The predicted octanol–water partition coefficient (Wildman–Crippen LogP) is 3.84. The van der Waals surface area contributed by atoms with E-state index in [-0.39, 0.29) is 16.0 Å². The van der Waals surface area contributed by atoms with Crippen LogP contribution < -0.4 is 0 Å². The first-order chi connectivity index (χ1) is 9.82. The number of rotatable bonds is 1. The second kappa shape index (κ2) is 6.06. The summed E-state index contributed by atoms with van der Waals surface area (Å²) in [4.78, 5) is 13.7. The summed E-state index contributed by atoms with van der Waals surface area (Å²) in [6.45, 7) is 0.795. The lowest BCUT2D eigenvalue weighted by Gasteiger charge is -2.29. The Kier molecular flexibility index (Phi) is 4.57. The molecular formula is C14H12BrF3N2O. The highest BCUT2D eigenvalue weighted by atomic mass is 79.9. The van der Waals surface area contributed by atoms with Crippen LogP contribution in [0.5, 0.6) is 0 Å². The van der Waals surface area contributed by atoms with E-state index in [0.717, 1.165) is 6.07 Å². The van der Waals surface area contributed by atoms with Crippen molar-refractivity contribution in [1.29, 1.82) is 5.26 Å². The Morgan fingerprint density at radius 3 is 2.48 bits per heavy atom. The summed E-state index contributed by atoms with van der Waals surface area (Å²) in [5.41, 5.74) is -0.846. The van der Waals surface area contributed by atoms with Crippen LogP contribution in [0.3, 0.4) is 0 Å². The fraction of sp³-hybridized carbons (Fsp3) is 0.429. The zero-order valence-electron chi connectivity index (χ0n) is 11.0. The standard InChI is InChI=1S/C14H12BrF3N2O/c15-12-2-1-10(7-11(12)14(16,17)18)13(21)20-5-3-9(8-19)4-6-20/h1-2,7,9H,3-6H2. The minimum absolute atomic E-state index is 0.0148. The predicted molar refractivity (Wildman–Crippen MR) is 73.4 cm³/mol. The van der Waals surface area contributed by atoms with Gasteiger partial charge in [-0.1, -0.05) is 15.9 Å². The molecule has 0 unspecified atom stereocenters. The lowest BCUT2D eigenvalue weighted by atomic mass is 9.98. The van der Waals surface area contributed by atoms with Crippen LogP contribution >= 0.6 is 15.9 Å². The minimum atomic E-state index is -4.51. The highest BCUT2D eigenvalue weighted by molar-refractivity contribution is 9.10. The number of piperidine rings is 1. The Morgan fingerprint density at radius 2 is 1.95 bits per heavy atom. The lowest BCUT2D eigenvalue weighted by molar-refractivity contribution is -0.138. The first kappa shape index (κ1) is 15.8. The van der Waals surface area contributed by atoms with Gasteiger partial charge in [0, 0.05) is 29.0 Å². The maximum absolute atomic E-state index is 12.8. The molecule has 2 rings (SSSR count). The summed E-state index contributed by atoms with van der Waals surface area (Å²) < 4.78 is 38.4. The maximum atomic E-state index is 12.8. The zero-order valence-corrected chi connectivity index (χ0v) is 12.5. The van der Waals surface area contributed by atoms with Gasteiger partial charge in [0.1, 0.15) is 0 Å². The van der Waals surface area contributed by atoms with Crippen molar-refractivity contribution in [2.24, 2.45) is 5.92 Å². The van der Waals surface area contributed by atoms with Crippen molar-refractivity contribution >= 4 is 21.8 Å². The third kappa shape index (κ3) is 3.56. The number of likely N-dealkylation sites (tertiary alicyclic amines) is 1. The molecule has 0 bridgehead atoms. The Labute approximate surface area is 128 Å². The number of amides is 1. The van der Waals surface area contributed by atoms with Gasteiger partial charge in [0.25, 0.3) is 5.91 Å². The van der Waals surface area contributed by atoms with E-state index in [9.17, 15) is 18.0 Å². The monoisotopic (exact) mass is 360 g/mol. The quantitative estimate of drug-likeness (QED) is 0.763. The number of alkyl halides is 3. The van der Waals surface area contributed by atoms with Gasteiger partial charge >= 0.3 is 6.18 Å². The van der Waals surface area contributed by atoms with E-state index in [2.05, 4.69) is 22.0 Å². The molecule has 0 atom stereocenters. The van der Waals surface area contributed by atoms with Gasteiger partial charge in [-0.15, -0.1) is 0 Å². The summed E-state index contributed by atoms with van der Waals surface area (Å²) >= 11 is 2.85. The largest absolute Gasteiger partial charge is 0.417 e. The molecule has 1 heterocycles. The Bertz CT molecular complexity index is 587. The summed E-state index contributed by atoms with van der Waals surface area (Å²) in [5, 5.41) is 8.81. The van der Waals surface area contributed by atoms with E-state index < -0.39 is 17.6 Å². The van der Waals surface area contributed by atoms with Crippen molar-refractivity contribution in [2.45, 2.75) is 19.0 Å². The molecule has 0 N–H and O–H groups in total. The van der Waals surface area contributed by atoms with Crippen LogP contribution in [0.2, 0.25) is 0 Å². The molecule has 1 aromatic rings. The molecule has 1 saturated heterocycles. The normalized spacial score (nSPS) is 16.6. The number of nitrogens with zero attached hydrogens (tertiary/aromatic N) is 2.